The summed E-state index contributed by atoms with van der Waals surface area (Å²) in [7, 11) is -2.35. The first kappa shape index (κ1) is 15.3. The molecule has 2 aromatic rings. The van der Waals surface area contributed by atoms with Crippen molar-refractivity contribution in [3.05, 3.63) is 57.7 Å². The van der Waals surface area contributed by atoms with Crippen molar-refractivity contribution in [2.24, 2.45) is 0 Å². The van der Waals surface area contributed by atoms with Crippen molar-refractivity contribution in [2.75, 3.05) is 7.11 Å². The fourth-order valence-electron chi connectivity index (χ4n) is 1.56. The topological polar surface area (TPSA) is 52.6 Å². The third-order valence-corrected chi connectivity index (χ3v) is 6.82. The number of aryl methyl sites for hydroxylation is 1. The normalized spacial score (nSPS) is 11.5. The molecular formula is C14H14IO4S-. The van der Waals surface area contributed by atoms with Crippen molar-refractivity contribution in [1.82, 2.24) is 0 Å². The van der Waals surface area contributed by atoms with E-state index in [0.717, 1.165) is 9.13 Å². The Kier molecular flexibility index (Phi) is 5.00. The summed E-state index contributed by atoms with van der Waals surface area (Å²) in [6.45, 7) is 1.87. The van der Waals surface area contributed by atoms with Gasteiger partial charge in [0.1, 0.15) is 0 Å². The second-order valence-corrected chi connectivity index (χ2v) is 8.28. The van der Waals surface area contributed by atoms with Gasteiger partial charge < -0.3 is 0 Å². The van der Waals surface area contributed by atoms with Gasteiger partial charge in [-0.2, -0.15) is 0 Å². The summed E-state index contributed by atoms with van der Waals surface area (Å²) < 4.78 is 35.7. The van der Waals surface area contributed by atoms with Gasteiger partial charge in [0.25, 0.3) is 0 Å². The molecule has 0 aromatic heterocycles. The SMILES string of the molecule is COc1cc(C)ccc1S(=O)(=O)O[I-]c1ccccc1. The molecule has 0 aliphatic carbocycles. The van der Waals surface area contributed by atoms with Crippen LogP contribution in [0.5, 0.6) is 5.75 Å². The fourth-order valence-corrected chi connectivity index (χ4v) is 5.03. The van der Waals surface area contributed by atoms with Crippen molar-refractivity contribution in [1.29, 1.82) is 0 Å². The second kappa shape index (κ2) is 6.55. The van der Waals surface area contributed by atoms with Gasteiger partial charge in [-0.1, -0.05) is 0 Å². The molecule has 4 nitrogen and oxygen atoms in total. The number of ether oxygens (including phenoxy) is 1. The number of halogens is 1. The maximum absolute atomic E-state index is 12.2. The number of methoxy groups -OCH3 is 1. The van der Waals surface area contributed by atoms with E-state index in [0.29, 0.717) is 5.75 Å². The van der Waals surface area contributed by atoms with Gasteiger partial charge in [-0.3, -0.25) is 0 Å². The van der Waals surface area contributed by atoms with Crippen LogP contribution in [0.2, 0.25) is 0 Å². The monoisotopic (exact) mass is 405 g/mol. The summed E-state index contributed by atoms with van der Waals surface area (Å²) in [5.74, 6) is 0.307. The number of benzene rings is 2. The van der Waals surface area contributed by atoms with E-state index in [9.17, 15) is 8.42 Å². The standard InChI is InChI=1S/C14H14IO4S/c1-11-8-9-14(13(10-11)18-2)20(16,17)19-15-12-6-4-3-5-7-12/h3-10H,1-2H3/q-1. The van der Waals surface area contributed by atoms with Crippen molar-refractivity contribution in [3.63, 3.8) is 0 Å². The van der Waals surface area contributed by atoms with Crippen molar-refractivity contribution in [2.45, 2.75) is 11.8 Å². The van der Waals surface area contributed by atoms with Crippen LogP contribution in [0.4, 0.5) is 0 Å². The number of rotatable bonds is 5. The van der Waals surface area contributed by atoms with Gasteiger partial charge in [-0.05, 0) is 0 Å². The van der Waals surface area contributed by atoms with E-state index < -0.39 is 31.7 Å². The molecule has 0 radical (unpaired) electrons. The minimum absolute atomic E-state index is 0.0706. The van der Waals surface area contributed by atoms with E-state index in [-0.39, 0.29) is 4.90 Å². The predicted molar refractivity (Wildman–Crippen MR) is 71.1 cm³/mol. The quantitative estimate of drug-likeness (QED) is 0.635. The molecular weight excluding hydrogens is 391 g/mol. The molecule has 0 heterocycles. The van der Waals surface area contributed by atoms with Gasteiger partial charge in [0, 0.05) is 0 Å². The molecule has 0 amide bonds. The summed E-state index contributed by atoms with van der Waals surface area (Å²) in [6, 6.07) is 14.2. The van der Waals surface area contributed by atoms with Gasteiger partial charge in [0.05, 0.1) is 0 Å². The van der Waals surface area contributed by atoms with Crippen molar-refractivity contribution < 1.29 is 37.3 Å². The summed E-state index contributed by atoms with van der Waals surface area (Å²) in [4.78, 5) is 0.0706. The summed E-state index contributed by atoms with van der Waals surface area (Å²) in [5, 5.41) is 0. The Hall–Kier alpha value is -1.12. The van der Waals surface area contributed by atoms with Gasteiger partial charge >= 0.3 is 130 Å². The molecule has 0 aliphatic heterocycles. The van der Waals surface area contributed by atoms with Crippen LogP contribution >= 0.6 is 0 Å². The Balaban J connectivity index is 2.22. The average Bonchev–Trinajstić information content (AvgIpc) is 2.46. The second-order valence-electron chi connectivity index (χ2n) is 4.04. The molecule has 0 aliphatic rings. The van der Waals surface area contributed by atoms with Gasteiger partial charge in [-0.25, -0.2) is 0 Å². The summed E-state index contributed by atoms with van der Waals surface area (Å²) >= 11 is -1.06. The van der Waals surface area contributed by atoms with Crippen LogP contribution < -0.4 is 26.4 Å². The molecule has 0 saturated heterocycles. The van der Waals surface area contributed by atoms with E-state index in [1.165, 1.54) is 13.2 Å². The Bertz CT molecular complexity index is 684. The molecule has 0 saturated carbocycles. The van der Waals surface area contributed by atoms with E-state index in [4.69, 9.17) is 7.25 Å². The molecule has 0 atom stereocenters. The molecule has 6 heteroatoms. The molecule has 0 unspecified atom stereocenters. The Morgan fingerprint density at radius 3 is 2.40 bits per heavy atom. The van der Waals surface area contributed by atoms with Crippen LogP contribution in [0, 0.1) is 10.5 Å². The fraction of sp³-hybridized carbons (Fsp3) is 0.143. The first-order chi connectivity index (χ1) is 9.53. The van der Waals surface area contributed by atoms with Gasteiger partial charge in [0.15, 0.2) is 0 Å². The average molecular weight is 405 g/mol. The van der Waals surface area contributed by atoms with E-state index in [1.807, 2.05) is 37.3 Å². The van der Waals surface area contributed by atoms with Crippen LogP contribution in [0.25, 0.3) is 0 Å². The molecule has 2 aromatic carbocycles. The predicted octanol–water partition coefficient (Wildman–Crippen LogP) is -0.417. The molecule has 0 bridgehead atoms. The zero-order valence-electron chi connectivity index (χ0n) is 11.0. The molecule has 20 heavy (non-hydrogen) atoms. The van der Waals surface area contributed by atoms with Gasteiger partial charge in [0.2, 0.25) is 0 Å². The first-order valence-electron chi connectivity index (χ1n) is 5.81. The first-order valence-corrected chi connectivity index (χ1v) is 9.18. The number of hydrogen-bond acceptors (Lipinski definition) is 4. The summed E-state index contributed by atoms with van der Waals surface area (Å²) in [6.07, 6.45) is 0. The van der Waals surface area contributed by atoms with Crippen LogP contribution in [-0.4, -0.2) is 15.5 Å². The molecule has 0 spiro atoms. The Morgan fingerprint density at radius 2 is 1.75 bits per heavy atom. The summed E-state index contributed by atoms with van der Waals surface area (Å²) in [5.41, 5.74) is 0.929. The third-order valence-electron chi connectivity index (χ3n) is 2.53. The van der Waals surface area contributed by atoms with Crippen molar-refractivity contribution >= 4 is 10.1 Å². The van der Waals surface area contributed by atoms with Crippen molar-refractivity contribution in [3.8, 4) is 5.75 Å². The van der Waals surface area contributed by atoms with Crippen LogP contribution in [0.3, 0.4) is 0 Å². The zero-order chi connectivity index (χ0) is 14.6. The number of hydrogen-bond donors (Lipinski definition) is 0. The van der Waals surface area contributed by atoms with E-state index in [2.05, 4.69) is 0 Å². The van der Waals surface area contributed by atoms with Gasteiger partial charge in [-0.15, -0.1) is 0 Å². The Morgan fingerprint density at radius 1 is 1.05 bits per heavy atom. The molecule has 0 N–H and O–H groups in total. The minimum atomic E-state index is -3.79. The maximum atomic E-state index is 12.2. The van der Waals surface area contributed by atoms with Crippen LogP contribution in [0.1, 0.15) is 5.56 Å². The third kappa shape index (κ3) is 3.71. The molecule has 0 fully saturated rings. The van der Waals surface area contributed by atoms with Crippen LogP contribution in [-0.2, 0) is 12.6 Å². The van der Waals surface area contributed by atoms with E-state index in [1.54, 1.807) is 12.1 Å². The Labute approximate surface area is 129 Å². The van der Waals surface area contributed by atoms with Crippen LogP contribution in [0.15, 0.2) is 53.4 Å². The van der Waals surface area contributed by atoms with E-state index >= 15 is 0 Å². The zero-order valence-corrected chi connectivity index (χ0v) is 14.0. The molecule has 2 rings (SSSR count). The molecule has 108 valence electrons.